The molecule has 27 heavy (non-hydrogen) atoms. The van der Waals surface area contributed by atoms with E-state index in [1.807, 2.05) is 24.3 Å². The van der Waals surface area contributed by atoms with Crippen LogP contribution in [0.3, 0.4) is 0 Å². The number of rotatable bonds is 6. The first-order valence-corrected chi connectivity index (χ1v) is 9.48. The van der Waals surface area contributed by atoms with Gasteiger partial charge in [-0.3, -0.25) is 4.79 Å². The first-order chi connectivity index (χ1) is 12.9. The lowest BCUT2D eigenvalue weighted by atomic mass is 10.0. The van der Waals surface area contributed by atoms with E-state index < -0.39 is 5.25 Å². The van der Waals surface area contributed by atoms with Crippen molar-refractivity contribution in [2.75, 3.05) is 5.32 Å². The summed E-state index contributed by atoms with van der Waals surface area (Å²) in [5.74, 6) is 0.114. The second-order valence-corrected chi connectivity index (χ2v) is 7.66. The number of hydrogen-bond acceptors (Lipinski definition) is 5. The summed E-state index contributed by atoms with van der Waals surface area (Å²) in [6.07, 6.45) is 0. The Morgan fingerprint density at radius 3 is 2.48 bits per heavy atom. The second-order valence-electron chi connectivity index (χ2n) is 6.37. The number of nitrogens with zero attached hydrogens (tertiary/aromatic N) is 2. The van der Waals surface area contributed by atoms with E-state index in [1.165, 1.54) is 23.9 Å². The summed E-state index contributed by atoms with van der Waals surface area (Å²) in [5, 5.41) is 10.7. The minimum atomic E-state index is -0.424. The standard InChI is InChI=1S/C20H20FN3O2S/c1-12(2)16-6-4-5-7-17(16)22-18(25)13(3)27-20-24-23-19(26-20)14-8-10-15(21)11-9-14/h4-13H,1-3H3,(H,22,25)/t13-/m1/s1. The maximum atomic E-state index is 13.0. The molecule has 7 heteroatoms. The SMILES string of the molecule is CC(C)c1ccccc1NC(=O)[C@@H](C)Sc1nnc(-c2ccc(F)cc2)o1. The highest BCUT2D eigenvalue weighted by molar-refractivity contribution is 8.00. The number of nitrogens with one attached hydrogen (secondary N) is 1. The molecule has 5 nitrogen and oxygen atoms in total. The lowest BCUT2D eigenvalue weighted by Gasteiger charge is -2.15. The number of benzene rings is 2. The van der Waals surface area contributed by atoms with Gasteiger partial charge in [0.05, 0.1) is 5.25 Å². The second kappa shape index (κ2) is 8.35. The van der Waals surface area contributed by atoms with Crippen LogP contribution in [-0.2, 0) is 4.79 Å². The summed E-state index contributed by atoms with van der Waals surface area (Å²) in [6.45, 7) is 5.94. The highest BCUT2D eigenvalue weighted by atomic mass is 32.2. The molecular formula is C20H20FN3O2S. The number of carbonyl (C=O) groups excluding carboxylic acids is 1. The maximum Gasteiger partial charge on any atom is 0.277 e. The molecule has 0 aliphatic rings. The maximum absolute atomic E-state index is 13.0. The third-order valence-electron chi connectivity index (χ3n) is 3.99. The van der Waals surface area contributed by atoms with Crippen LogP contribution >= 0.6 is 11.8 Å². The molecule has 1 atom stereocenters. The quantitative estimate of drug-likeness (QED) is 0.597. The highest BCUT2D eigenvalue weighted by Crippen LogP contribution is 2.28. The van der Waals surface area contributed by atoms with Crippen LogP contribution in [0.15, 0.2) is 58.2 Å². The van der Waals surface area contributed by atoms with Crippen molar-refractivity contribution in [2.24, 2.45) is 0 Å². The molecule has 3 rings (SSSR count). The van der Waals surface area contributed by atoms with E-state index in [4.69, 9.17) is 4.42 Å². The molecule has 1 aromatic heterocycles. The van der Waals surface area contributed by atoms with Crippen molar-refractivity contribution < 1.29 is 13.6 Å². The van der Waals surface area contributed by atoms with Gasteiger partial charge >= 0.3 is 0 Å². The topological polar surface area (TPSA) is 68.0 Å². The molecule has 0 saturated carbocycles. The normalized spacial score (nSPS) is 12.2. The highest BCUT2D eigenvalue weighted by Gasteiger charge is 2.20. The van der Waals surface area contributed by atoms with Crippen LogP contribution in [0.5, 0.6) is 0 Å². The Morgan fingerprint density at radius 1 is 1.07 bits per heavy atom. The van der Waals surface area contributed by atoms with Crippen LogP contribution in [0.4, 0.5) is 10.1 Å². The lowest BCUT2D eigenvalue weighted by molar-refractivity contribution is -0.115. The van der Waals surface area contributed by atoms with Gasteiger partial charge in [-0.15, -0.1) is 10.2 Å². The fraction of sp³-hybridized carbons (Fsp3) is 0.250. The zero-order valence-electron chi connectivity index (χ0n) is 15.3. The summed E-state index contributed by atoms with van der Waals surface area (Å²) in [7, 11) is 0. The zero-order valence-corrected chi connectivity index (χ0v) is 16.1. The van der Waals surface area contributed by atoms with Gasteiger partial charge < -0.3 is 9.73 Å². The molecule has 0 aliphatic heterocycles. The number of carbonyl (C=O) groups is 1. The average Bonchev–Trinajstić information content (AvgIpc) is 3.11. The van der Waals surface area contributed by atoms with E-state index in [2.05, 4.69) is 29.4 Å². The number of para-hydroxylation sites is 1. The first kappa shape index (κ1) is 19.1. The van der Waals surface area contributed by atoms with Gasteiger partial charge in [0.1, 0.15) is 5.82 Å². The summed E-state index contributed by atoms with van der Waals surface area (Å²) < 4.78 is 18.6. The van der Waals surface area contributed by atoms with E-state index in [0.29, 0.717) is 11.5 Å². The molecule has 140 valence electrons. The van der Waals surface area contributed by atoms with Crippen LogP contribution in [-0.4, -0.2) is 21.4 Å². The molecule has 0 saturated heterocycles. The van der Waals surface area contributed by atoms with E-state index in [9.17, 15) is 9.18 Å². The van der Waals surface area contributed by atoms with E-state index in [0.717, 1.165) is 11.3 Å². The fourth-order valence-electron chi connectivity index (χ4n) is 2.52. The summed E-state index contributed by atoms with van der Waals surface area (Å²) in [6, 6.07) is 13.5. The fourth-order valence-corrected chi connectivity index (χ4v) is 3.20. The van der Waals surface area contributed by atoms with Gasteiger partial charge in [0.2, 0.25) is 11.8 Å². The first-order valence-electron chi connectivity index (χ1n) is 8.60. The van der Waals surface area contributed by atoms with Crippen LogP contribution in [0.2, 0.25) is 0 Å². The van der Waals surface area contributed by atoms with E-state index >= 15 is 0 Å². The minimum absolute atomic E-state index is 0.144. The number of hydrogen-bond donors (Lipinski definition) is 1. The number of aromatic nitrogens is 2. The Kier molecular flexibility index (Phi) is 5.91. The van der Waals surface area contributed by atoms with Gasteiger partial charge in [-0.25, -0.2) is 4.39 Å². The van der Waals surface area contributed by atoms with Crippen LogP contribution in [0.1, 0.15) is 32.3 Å². The van der Waals surface area contributed by atoms with Crippen LogP contribution < -0.4 is 5.32 Å². The Morgan fingerprint density at radius 2 is 1.78 bits per heavy atom. The van der Waals surface area contributed by atoms with Crippen molar-refractivity contribution in [3.05, 3.63) is 59.9 Å². The van der Waals surface area contributed by atoms with Gasteiger partial charge in [0, 0.05) is 11.3 Å². The molecule has 0 bridgehead atoms. The Bertz CT molecular complexity index is 925. The Hall–Kier alpha value is -2.67. The molecule has 0 spiro atoms. The number of thioether (sulfide) groups is 1. The predicted molar refractivity (Wildman–Crippen MR) is 104 cm³/mol. The van der Waals surface area contributed by atoms with Crippen LogP contribution in [0, 0.1) is 5.82 Å². The van der Waals surface area contributed by atoms with Crippen molar-refractivity contribution in [1.82, 2.24) is 10.2 Å². The Balaban J connectivity index is 1.66. The summed E-state index contributed by atoms with van der Waals surface area (Å²) >= 11 is 1.18. The molecule has 3 aromatic rings. The van der Waals surface area contributed by atoms with Crippen molar-refractivity contribution in [1.29, 1.82) is 0 Å². The van der Waals surface area contributed by atoms with E-state index in [1.54, 1.807) is 19.1 Å². The largest absolute Gasteiger partial charge is 0.411 e. The molecule has 0 unspecified atom stereocenters. The smallest absolute Gasteiger partial charge is 0.277 e. The molecule has 2 aromatic carbocycles. The zero-order chi connectivity index (χ0) is 19.4. The number of anilines is 1. The summed E-state index contributed by atoms with van der Waals surface area (Å²) in [4.78, 5) is 12.5. The molecule has 1 amide bonds. The van der Waals surface area contributed by atoms with Gasteiger partial charge in [-0.2, -0.15) is 0 Å². The summed E-state index contributed by atoms with van der Waals surface area (Å²) in [5.41, 5.74) is 2.51. The van der Waals surface area contributed by atoms with Crippen molar-refractivity contribution in [2.45, 2.75) is 37.2 Å². The number of amides is 1. The predicted octanol–water partition coefficient (Wildman–Crippen LogP) is 5.12. The van der Waals surface area contributed by atoms with Gasteiger partial charge in [-0.05, 0) is 48.7 Å². The van der Waals surface area contributed by atoms with E-state index in [-0.39, 0.29) is 22.8 Å². The molecule has 0 aliphatic carbocycles. The molecule has 1 N–H and O–H groups in total. The van der Waals surface area contributed by atoms with Crippen molar-refractivity contribution in [3.8, 4) is 11.5 Å². The monoisotopic (exact) mass is 385 g/mol. The van der Waals surface area contributed by atoms with Gasteiger partial charge in [0.25, 0.3) is 5.22 Å². The molecular weight excluding hydrogens is 365 g/mol. The minimum Gasteiger partial charge on any atom is -0.411 e. The molecule has 0 radical (unpaired) electrons. The van der Waals surface area contributed by atoms with Crippen molar-refractivity contribution >= 4 is 23.4 Å². The van der Waals surface area contributed by atoms with Gasteiger partial charge in [0.15, 0.2) is 0 Å². The van der Waals surface area contributed by atoms with Crippen molar-refractivity contribution in [3.63, 3.8) is 0 Å². The van der Waals surface area contributed by atoms with Gasteiger partial charge in [-0.1, -0.05) is 43.8 Å². The third kappa shape index (κ3) is 4.74. The van der Waals surface area contributed by atoms with Crippen LogP contribution in [0.25, 0.3) is 11.5 Å². The average molecular weight is 385 g/mol. The third-order valence-corrected chi connectivity index (χ3v) is 4.92. The molecule has 0 fully saturated rings. The molecule has 1 heterocycles. The Labute approximate surface area is 161 Å². The number of halogens is 1. The lowest BCUT2D eigenvalue weighted by Crippen LogP contribution is -2.23.